The Morgan fingerprint density at radius 3 is 2.22 bits per heavy atom. The fraction of sp³-hybridized carbons (Fsp3) is 0.556. The van der Waals surface area contributed by atoms with Crippen molar-refractivity contribution in [2.24, 2.45) is 11.8 Å². The molecule has 0 nitrogen and oxygen atoms in total. The zero-order valence-corrected chi connectivity index (χ0v) is 18.9. The van der Waals surface area contributed by atoms with E-state index < -0.39 is 17.6 Å². The van der Waals surface area contributed by atoms with Crippen molar-refractivity contribution in [2.75, 3.05) is 0 Å². The van der Waals surface area contributed by atoms with Crippen LogP contribution in [-0.2, 0) is 19.0 Å². The van der Waals surface area contributed by atoms with Gasteiger partial charge in [-0.3, -0.25) is 0 Å². The topological polar surface area (TPSA) is 0 Å². The molecule has 32 heavy (non-hydrogen) atoms. The second-order valence-corrected chi connectivity index (χ2v) is 9.47. The first kappa shape index (κ1) is 24.7. The summed E-state index contributed by atoms with van der Waals surface area (Å²) in [6.45, 7) is 4.55. The normalized spacial score (nSPS) is 20.3. The molecule has 1 atom stereocenters. The fourth-order valence-electron chi connectivity index (χ4n) is 4.75. The predicted molar refractivity (Wildman–Crippen MR) is 119 cm³/mol. The van der Waals surface area contributed by atoms with E-state index in [-0.39, 0.29) is 12.2 Å². The van der Waals surface area contributed by atoms with Gasteiger partial charge < -0.3 is 0 Å². The minimum absolute atomic E-state index is 0.284. The molecule has 1 fully saturated rings. The summed E-state index contributed by atoms with van der Waals surface area (Å²) in [5.74, 6) is 0.392. The van der Waals surface area contributed by atoms with Crippen LogP contribution in [0.5, 0.6) is 0 Å². The van der Waals surface area contributed by atoms with Gasteiger partial charge in [-0.2, -0.15) is 13.2 Å². The maximum Gasteiger partial charge on any atom is 0.419 e. The van der Waals surface area contributed by atoms with Crippen molar-refractivity contribution < 1.29 is 22.0 Å². The number of rotatable bonds is 8. The summed E-state index contributed by atoms with van der Waals surface area (Å²) in [5, 5.41) is 0. The minimum atomic E-state index is -4.71. The summed E-state index contributed by atoms with van der Waals surface area (Å²) in [4.78, 5) is 0. The molecule has 2 aromatic carbocycles. The van der Waals surface area contributed by atoms with Crippen LogP contribution in [0, 0.1) is 23.5 Å². The van der Waals surface area contributed by atoms with E-state index in [1.807, 2.05) is 6.07 Å². The van der Waals surface area contributed by atoms with Crippen molar-refractivity contribution in [1.29, 1.82) is 0 Å². The Labute approximate surface area is 188 Å². The summed E-state index contributed by atoms with van der Waals surface area (Å²) >= 11 is 0. The Kier molecular flexibility index (Phi) is 8.35. The maximum atomic E-state index is 14.7. The second-order valence-electron chi connectivity index (χ2n) is 9.47. The van der Waals surface area contributed by atoms with E-state index >= 15 is 0 Å². The van der Waals surface area contributed by atoms with E-state index in [0.29, 0.717) is 23.5 Å². The fourth-order valence-corrected chi connectivity index (χ4v) is 4.75. The lowest BCUT2D eigenvalue weighted by molar-refractivity contribution is -0.140. The predicted octanol–water partition coefficient (Wildman–Crippen LogP) is 8.87. The van der Waals surface area contributed by atoms with Crippen molar-refractivity contribution in [3.63, 3.8) is 0 Å². The molecule has 3 rings (SSSR count). The Morgan fingerprint density at radius 1 is 0.906 bits per heavy atom. The van der Waals surface area contributed by atoms with Crippen LogP contribution >= 0.6 is 0 Å². The summed E-state index contributed by atoms with van der Waals surface area (Å²) in [7, 11) is 0. The number of aryl methyl sites for hydroxylation is 2. The third-order valence-corrected chi connectivity index (χ3v) is 7.18. The van der Waals surface area contributed by atoms with Gasteiger partial charge in [-0.05, 0) is 91.2 Å². The molecule has 1 aliphatic carbocycles. The van der Waals surface area contributed by atoms with Gasteiger partial charge in [-0.25, -0.2) is 8.78 Å². The molecule has 0 aromatic heterocycles. The second kappa shape index (κ2) is 10.8. The summed E-state index contributed by atoms with van der Waals surface area (Å²) in [6.07, 6.45) is 4.29. The molecule has 2 aromatic rings. The highest BCUT2D eigenvalue weighted by Gasteiger charge is 2.33. The van der Waals surface area contributed by atoms with Gasteiger partial charge >= 0.3 is 6.18 Å². The third-order valence-electron chi connectivity index (χ3n) is 7.18. The number of alkyl halides is 3. The SMILES string of the molecule is CCC(C)CCC1CCC(c2ccc(CCc3ccc(C(F)(F)F)c(F)c3)c(F)c2)CC1. The van der Waals surface area contributed by atoms with Gasteiger partial charge in [-0.1, -0.05) is 51.3 Å². The molecule has 1 unspecified atom stereocenters. The average molecular weight is 453 g/mol. The van der Waals surface area contributed by atoms with E-state index in [0.717, 1.165) is 42.4 Å². The Bertz CT molecular complexity index is 878. The van der Waals surface area contributed by atoms with Gasteiger partial charge in [0.1, 0.15) is 11.6 Å². The van der Waals surface area contributed by atoms with Gasteiger partial charge in [0.2, 0.25) is 0 Å². The Morgan fingerprint density at radius 2 is 1.62 bits per heavy atom. The van der Waals surface area contributed by atoms with Gasteiger partial charge in [0, 0.05) is 0 Å². The number of halogens is 5. The number of hydrogen-bond acceptors (Lipinski definition) is 0. The molecule has 0 N–H and O–H groups in total. The first-order valence-corrected chi connectivity index (χ1v) is 11.8. The van der Waals surface area contributed by atoms with Gasteiger partial charge in [0.15, 0.2) is 0 Å². The van der Waals surface area contributed by atoms with E-state index in [4.69, 9.17) is 0 Å². The molecular weight excluding hydrogens is 419 g/mol. The monoisotopic (exact) mass is 452 g/mol. The molecule has 1 saturated carbocycles. The van der Waals surface area contributed by atoms with Crippen LogP contribution in [0.2, 0.25) is 0 Å². The third kappa shape index (κ3) is 6.55. The Hall–Kier alpha value is -1.91. The highest BCUT2D eigenvalue weighted by molar-refractivity contribution is 5.30. The molecule has 0 radical (unpaired) electrons. The van der Waals surface area contributed by atoms with E-state index in [2.05, 4.69) is 13.8 Å². The molecule has 0 bridgehead atoms. The molecule has 0 amide bonds. The van der Waals surface area contributed by atoms with Crippen molar-refractivity contribution in [1.82, 2.24) is 0 Å². The summed E-state index contributed by atoms with van der Waals surface area (Å²) in [6, 6.07) is 8.29. The van der Waals surface area contributed by atoms with Crippen molar-refractivity contribution in [2.45, 2.75) is 83.7 Å². The molecule has 0 saturated heterocycles. The lowest BCUT2D eigenvalue weighted by atomic mass is 9.76. The first-order chi connectivity index (χ1) is 15.2. The van der Waals surface area contributed by atoms with Crippen LogP contribution in [-0.4, -0.2) is 0 Å². The van der Waals surface area contributed by atoms with Crippen molar-refractivity contribution >= 4 is 0 Å². The average Bonchev–Trinajstić information content (AvgIpc) is 2.76. The quantitative estimate of drug-likeness (QED) is 0.351. The zero-order valence-electron chi connectivity index (χ0n) is 18.9. The van der Waals surface area contributed by atoms with Gasteiger partial charge in [-0.15, -0.1) is 0 Å². The van der Waals surface area contributed by atoms with Crippen LogP contribution in [0.15, 0.2) is 36.4 Å². The Balaban J connectivity index is 1.54. The standard InChI is InChI=1S/C27H33F5/c1-3-18(2)4-5-19-6-10-21(11-7-19)23-14-13-22(25(28)17-23)12-8-20-9-15-24(26(29)16-20)27(30,31)32/h9,13-19,21H,3-8,10-12H2,1-2H3. The molecule has 0 aliphatic heterocycles. The van der Waals surface area contributed by atoms with Crippen LogP contribution in [0.4, 0.5) is 22.0 Å². The molecule has 1 aliphatic rings. The highest BCUT2D eigenvalue weighted by atomic mass is 19.4. The first-order valence-electron chi connectivity index (χ1n) is 11.8. The molecule has 0 spiro atoms. The molecule has 5 heteroatoms. The van der Waals surface area contributed by atoms with E-state index in [9.17, 15) is 22.0 Å². The summed E-state index contributed by atoms with van der Waals surface area (Å²) in [5.41, 5.74) is 0.699. The van der Waals surface area contributed by atoms with Crippen molar-refractivity contribution in [3.05, 3.63) is 70.3 Å². The van der Waals surface area contributed by atoms with Crippen LogP contribution in [0.1, 0.15) is 87.0 Å². The largest absolute Gasteiger partial charge is 0.419 e. The van der Waals surface area contributed by atoms with E-state index in [1.54, 1.807) is 12.1 Å². The molecule has 0 heterocycles. The minimum Gasteiger partial charge on any atom is -0.207 e. The van der Waals surface area contributed by atoms with E-state index in [1.165, 1.54) is 38.2 Å². The molecular formula is C27H33F5. The number of benzene rings is 2. The van der Waals surface area contributed by atoms with Crippen LogP contribution < -0.4 is 0 Å². The maximum absolute atomic E-state index is 14.7. The lowest BCUT2D eigenvalue weighted by Crippen LogP contribution is -2.14. The number of hydrogen-bond donors (Lipinski definition) is 0. The summed E-state index contributed by atoms with van der Waals surface area (Å²) < 4.78 is 66.5. The molecule has 176 valence electrons. The zero-order chi connectivity index (χ0) is 23.3. The smallest absolute Gasteiger partial charge is 0.207 e. The van der Waals surface area contributed by atoms with Crippen LogP contribution in [0.3, 0.4) is 0 Å². The van der Waals surface area contributed by atoms with Crippen molar-refractivity contribution in [3.8, 4) is 0 Å². The highest BCUT2D eigenvalue weighted by Crippen LogP contribution is 2.38. The lowest BCUT2D eigenvalue weighted by Gasteiger charge is -2.29. The van der Waals surface area contributed by atoms with Crippen LogP contribution in [0.25, 0.3) is 0 Å². The van der Waals surface area contributed by atoms with Gasteiger partial charge in [0.25, 0.3) is 0 Å². The van der Waals surface area contributed by atoms with Gasteiger partial charge in [0.05, 0.1) is 5.56 Å².